The molecule has 0 amide bonds. The van der Waals surface area contributed by atoms with E-state index >= 15 is 0 Å². The number of carbonyl (C=O) groups is 2. The first kappa shape index (κ1) is 50.1. The molecule has 0 saturated carbocycles. The molecule has 0 aromatic heterocycles. The molecule has 0 aromatic carbocycles. The first-order chi connectivity index (χ1) is 25.6. The van der Waals surface area contributed by atoms with E-state index in [2.05, 4.69) is 57.2 Å². The third-order valence-corrected chi connectivity index (χ3v) is 9.69. The molecule has 304 valence electrons. The Morgan fingerprint density at radius 3 is 1.38 bits per heavy atom. The van der Waals surface area contributed by atoms with E-state index in [1.54, 1.807) is 0 Å². The fraction of sp³-hybridized carbons (Fsp3) is 0.830. The van der Waals surface area contributed by atoms with Crippen molar-refractivity contribution in [2.45, 2.75) is 232 Å². The van der Waals surface area contributed by atoms with Crippen LogP contribution in [0.3, 0.4) is 0 Å². The highest BCUT2D eigenvalue weighted by Crippen LogP contribution is 2.14. The summed E-state index contributed by atoms with van der Waals surface area (Å²) in [6.45, 7) is 7.68. The molecule has 0 heterocycles. The van der Waals surface area contributed by atoms with Crippen LogP contribution in [0.4, 0.5) is 0 Å². The fourth-order valence-corrected chi connectivity index (χ4v) is 6.35. The average molecular weight is 731 g/mol. The van der Waals surface area contributed by atoms with Gasteiger partial charge in [-0.3, -0.25) is 9.59 Å². The van der Waals surface area contributed by atoms with E-state index in [0.29, 0.717) is 19.4 Å². The Hall–Kier alpha value is -1.88. The van der Waals surface area contributed by atoms with Crippen LogP contribution in [0.1, 0.15) is 226 Å². The van der Waals surface area contributed by atoms with Gasteiger partial charge in [0.1, 0.15) is 6.61 Å². The number of rotatable bonds is 41. The number of esters is 2. The highest BCUT2D eigenvalue weighted by atomic mass is 16.6. The summed E-state index contributed by atoms with van der Waals surface area (Å²) in [6.07, 6.45) is 50.0. The summed E-state index contributed by atoms with van der Waals surface area (Å²) >= 11 is 0. The highest BCUT2D eigenvalue weighted by Gasteiger charge is 2.17. The molecule has 5 heteroatoms. The van der Waals surface area contributed by atoms with E-state index < -0.39 is 6.10 Å². The summed E-state index contributed by atoms with van der Waals surface area (Å²) in [5.41, 5.74) is 0. The maximum Gasteiger partial charge on any atom is 0.306 e. The van der Waals surface area contributed by atoms with Crippen LogP contribution in [0.5, 0.6) is 0 Å². The molecule has 1 unspecified atom stereocenters. The van der Waals surface area contributed by atoms with Crippen LogP contribution in [0.15, 0.2) is 36.5 Å². The van der Waals surface area contributed by atoms with Gasteiger partial charge in [-0.1, -0.05) is 198 Å². The van der Waals surface area contributed by atoms with Gasteiger partial charge in [-0.05, 0) is 51.4 Å². The van der Waals surface area contributed by atoms with Crippen molar-refractivity contribution in [1.29, 1.82) is 0 Å². The zero-order chi connectivity index (χ0) is 37.8. The quantitative estimate of drug-likeness (QED) is 0.0356. The predicted octanol–water partition coefficient (Wildman–Crippen LogP) is 14.7. The van der Waals surface area contributed by atoms with E-state index in [9.17, 15) is 9.59 Å². The summed E-state index contributed by atoms with van der Waals surface area (Å²) in [5.74, 6) is -0.400. The van der Waals surface area contributed by atoms with Crippen molar-refractivity contribution in [2.24, 2.45) is 0 Å². The van der Waals surface area contributed by atoms with Crippen molar-refractivity contribution in [2.75, 3.05) is 19.8 Å². The topological polar surface area (TPSA) is 61.8 Å². The standard InChI is InChI=1S/C47H86O5/c1-4-7-10-13-16-19-21-22-23-24-25-27-30-33-36-39-42-50-43-45(52-47(49)41-38-35-32-28-18-15-12-9-6-3)44-51-46(48)40-37-34-31-29-26-20-17-14-11-8-5-2/h7,10,16,19,22-23,45H,4-6,8-9,11-15,17-18,20-21,24-44H2,1-3H3/b10-7-,19-16-,23-22-. The lowest BCUT2D eigenvalue weighted by molar-refractivity contribution is -0.163. The van der Waals surface area contributed by atoms with Crippen LogP contribution in [-0.4, -0.2) is 37.9 Å². The number of hydrogen-bond acceptors (Lipinski definition) is 5. The summed E-state index contributed by atoms with van der Waals surface area (Å²) < 4.78 is 17.3. The smallest absolute Gasteiger partial charge is 0.306 e. The molecule has 0 radical (unpaired) electrons. The Morgan fingerprint density at radius 1 is 0.442 bits per heavy atom. The molecule has 0 aliphatic carbocycles. The molecule has 0 N–H and O–H groups in total. The molecule has 0 aromatic rings. The lowest BCUT2D eigenvalue weighted by Gasteiger charge is -2.18. The van der Waals surface area contributed by atoms with E-state index in [1.807, 2.05) is 0 Å². The van der Waals surface area contributed by atoms with Gasteiger partial charge in [0.25, 0.3) is 0 Å². The molecule has 0 spiro atoms. The first-order valence-electron chi connectivity index (χ1n) is 22.5. The van der Waals surface area contributed by atoms with Crippen molar-refractivity contribution in [1.82, 2.24) is 0 Å². The van der Waals surface area contributed by atoms with Crippen LogP contribution < -0.4 is 0 Å². The minimum Gasteiger partial charge on any atom is -0.462 e. The summed E-state index contributed by atoms with van der Waals surface area (Å²) in [4.78, 5) is 25.1. The maximum absolute atomic E-state index is 12.7. The van der Waals surface area contributed by atoms with Gasteiger partial charge in [0.2, 0.25) is 0 Å². The van der Waals surface area contributed by atoms with Gasteiger partial charge in [0.05, 0.1) is 6.61 Å². The van der Waals surface area contributed by atoms with Crippen LogP contribution in [0.25, 0.3) is 0 Å². The Bertz CT molecular complexity index is 832. The van der Waals surface area contributed by atoms with Crippen LogP contribution >= 0.6 is 0 Å². The SMILES string of the molecule is CC/C=C\C/C=C\C/C=C\CCCCCCCCOCC(COC(=O)CCCCCCCCCCCCC)OC(=O)CCCCCCCCCCC. The second-order valence-electron chi connectivity index (χ2n) is 14.9. The Balaban J connectivity index is 4.21. The van der Waals surface area contributed by atoms with Crippen molar-refractivity contribution < 1.29 is 23.8 Å². The molecule has 0 bridgehead atoms. The molecular weight excluding hydrogens is 645 g/mol. The molecular formula is C47H86O5. The van der Waals surface area contributed by atoms with Crippen LogP contribution in [0.2, 0.25) is 0 Å². The Kier molecular flexibility index (Phi) is 42.0. The normalized spacial score (nSPS) is 12.4. The molecule has 0 saturated heterocycles. The molecule has 0 rings (SSSR count). The van der Waals surface area contributed by atoms with Gasteiger partial charge in [-0.25, -0.2) is 0 Å². The molecule has 0 aliphatic heterocycles. The van der Waals surface area contributed by atoms with Crippen molar-refractivity contribution in [3.63, 3.8) is 0 Å². The van der Waals surface area contributed by atoms with Crippen molar-refractivity contribution >= 4 is 11.9 Å². The number of ether oxygens (including phenoxy) is 3. The highest BCUT2D eigenvalue weighted by molar-refractivity contribution is 5.70. The zero-order valence-electron chi connectivity index (χ0n) is 34.8. The second kappa shape index (κ2) is 43.5. The fourth-order valence-electron chi connectivity index (χ4n) is 6.35. The first-order valence-corrected chi connectivity index (χ1v) is 22.5. The van der Waals surface area contributed by atoms with E-state index in [4.69, 9.17) is 14.2 Å². The van der Waals surface area contributed by atoms with Crippen LogP contribution in [0, 0.1) is 0 Å². The van der Waals surface area contributed by atoms with Gasteiger partial charge >= 0.3 is 11.9 Å². The van der Waals surface area contributed by atoms with Gasteiger partial charge < -0.3 is 14.2 Å². The summed E-state index contributed by atoms with van der Waals surface area (Å²) in [5, 5.41) is 0. The number of allylic oxidation sites excluding steroid dienone is 6. The minimum atomic E-state index is -0.534. The van der Waals surface area contributed by atoms with Gasteiger partial charge in [-0.15, -0.1) is 0 Å². The molecule has 0 aliphatic rings. The Labute approximate surface area is 323 Å². The maximum atomic E-state index is 12.7. The predicted molar refractivity (Wildman–Crippen MR) is 224 cm³/mol. The number of hydrogen-bond donors (Lipinski definition) is 0. The zero-order valence-corrected chi connectivity index (χ0v) is 34.8. The van der Waals surface area contributed by atoms with E-state index in [-0.39, 0.29) is 25.2 Å². The summed E-state index contributed by atoms with van der Waals surface area (Å²) in [7, 11) is 0. The third kappa shape index (κ3) is 40.9. The Morgan fingerprint density at radius 2 is 0.865 bits per heavy atom. The molecule has 0 fully saturated rings. The van der Waals surface area contributed by atoms with Gasteiger partial charge in [-0.2, -0.15) is 0 Å². The monoisotopic (exact) mass is 731 g/mol. The van der Waals surface area contributed by atoms with E-state index in [1.165, 1.54) is 128 Å². The van der Waals surface area contributed by atoms with Crippen molar-refractivity contribution in [3.05, 3.63) is 36.5 Å². The summed E-state index contributed by atoms with van der Waals surface area (Å²) in [6, 6.07) is 0. The lowest BCUT2D eigenvalue weighted by Crippen LogP contribution is -2.30. The second-order valence-corrected chi connectivity index (χ2v) is 14.9. The van der Waals surface area contributed by atoms with Gasteiger partial charge in [0.15, 0.2) is 6.10 Å². The van der Waals surface area contributed by atoms with Gasteiger partial charge in [0, 0.05) is 19.4 Å². The lowest BCUT2D eigenvalue weighted by atomic mass is 10.1. The average Bonchev–Trinajstić information content (AvgIpc) is 3.14. The molecule has 5 nitrogen and oxygen atoms in total. The van der Waals surface area contributed by atoms with E-state index in [0.717, 1.165) is 64.2 Å². The molecule has 52 heavy (non-hydrogen) atoms. The largest absolute Gasteiger partial charge is 0.462 e. The molecule has 1 atom stereocenters. The van der Waals surface area contributed by atoms with Crippen LogP contribution in [-0.2, 0) is 23.8 Å². The van der Waals surface area contributed by atoms with Crippen molar-refractivity contribution in [3.8, 4) is 0 Å². The number of unbranched alkanes of at least 4 members (excludes halogenated alkanes) is 24. The third-order valence-electron chi connectivity index (χ3n) is 9.69. The number of carbonyl (C=O) groups excluding carboxylic acids is 2. The minimum absolute atomic E-state index is 0.0847.